The Balaban J connectivity index is 2.34. The highest BCUT2D eigenvalue weighted by molar-refractivity contribution is 9.13. The van der Waals surface area contributed by atoms with Crippen LogP contribution in [0.25, 0.3) is 0 Å². The maximum atomic E-state index is 9.60. The molecule has 0 bridgehead atoms. The number of halogens is 2. The smallest absolute Gasteiger partial charge is 0.148 e. The molecule has 0 radical (unpaired) electrons. The van der Waals surface area contributed by atoms with Crippen LogP contribution in [-0.4, -0.2) is 16.8 Å². The van der Waals surface area contributed by atoms with Gasteiger partial charge in [0.05, 0.1) is 18.1 Å². The molecule has 90 valence electrons. The van der Waals surface area contributed by atoms with Gasteiger partial charge in [-0.1, -0.05) is 18.2 Å². The van der Waals surface area contributed by atoms with Crippen molar-refractivity contribution in [1.29, 1.82) is 0 Å². The number of nitrogens with zero attached hydrogens (tertiary/aromatic N) is 1. The van der Waals surface area contributed by atoms with Gasteiger partial charge in [0, 0.05) is 11.8 Å². The summed E-state index contributed by atoms with van der Waals surface area (Å²) in [5, 5.41) is 9.60. The highest BCUT2D eigenvalue weighted by Gasteiger charge is 2.12. The zero-order valence-electron chi connectivity index (χ0n) is 9.15. The van der Waals surface area contributed by atoms with Crippen LogP contribution < -0.4 is 4.74 Å². The van der Waals surface area contributed by atoms with Gasteiger partial charge in [0.1, 0.15) is 16.1 Å². The lowest BCUT2D eigenvalue weighted by Gasteiger charge is -2.09. The molecule has 1 aromatic carbocycles. The Morgan fingerprint density at radius 1 is 1.29 bits per heavy atom. The van der Waals surface area contributed by atoms with Crippen molar-refractivity contribution in [2.75, 3.05) is 7.11 Å². The van der Waals surface area contributed by atoms with Crippen LogP contribution in [0.3, 0.4) is 0 Å². The van der Waals surface area contributed by atoms with Crippen LogP contribution in [-0.2, 0) is 6.54 Å². The van der Waals surface area contributed by atoms with Crippen molar-refractivity contribution in [3.8, 4) is 11.5 Å². The molecular formula is C12H11Br2NO2. The van der Waals surface area contributed by atoms with Gasteiger partial charge in [-0.05, 0) is 37.9 Å². The van der Waals surface area contributed by atoms with Gasteiger partial charge in [-0.2, -0.15) is 0 Å². The molecular weight excluding hydrogens is 350 g/mol. The van der Waals surface area contributed by atoms with Gasteiger partial charge < -0.3 is 14.4 Å². The highest BCUT2D eigenvalue weighted by Crippen LogP contribution is 2.34. The molecule has 0 aliphatic rings. The lowest BCUT2D eigenvalue weighted by molar-refractivity contribution is 0.408. The van der Waals surface area contributed by atoms with Crippen LogP contribution in [0.1, 0.15) is 5.56 Å². The molecule has 2 rings (SSSR count). The van der Waals surface area contributed by atoms with Gasteiger partial charge in [-0.15, -0.1) is 0 Å². The summed E-state index contributed by atoms with van der Waals surface area (Å²) in [5.74, 6) is 1.05. The van der Waals surface area contributed by atoms with Gasteiger partial charge in [0.15, 0.2) is 0 Å². The third-order valence-corrected chi connectivity index (χ3v) is 4.64. The molecule has 17 heavy (non-hydrogen) atoms. The topological polar surface area (TPSA) is 34.4 Å². The summed E-state index contributed by atoms with van der Waals surface area (Å²) in [5.41, 5.74) is 1.05. The molecule has 3 nitrogen and oxygen atoms in total. The maximum absolute atomic E-state index is 9.60. The Bertz CT molecular complexity index is 537. The first-order valence-electron chi connectivity index (χ1n) is 4.98. The standard InChI is InChI=1S/C12H11Br2NO2/c1-17-10-5-3-2-4-8(10)6-15-7-9(16)11(13)12(15)14/h2-5,7,16H,6H2,1H3. The summed E-state index contributed by atoms with van der Waals surface area (Å²) in [7, 11) is 1.65. The first-order valence-corrected chi connectivity index (χ1v) is 6.57. The molecule has 1 heterocycles. The van der Waals surface area contributed by atoms with Gasteiger partial charge >= 0.3 is 0 Å². The van der Waals surface area contributed by atoms with Gasteiger partial charge in [0.2, 0.25) is 0 Å². The number of aromatic nitrogens is 1. The van der Waals surface area contributed by atoms with Crippen LogP contribution >= 0.6 is 31.9 Å². The monoisotopic (exact) mass is 359 g/mol. The second-order valence-corrected chi connectivity index (χ2v) is 5.10. The van der Waals surface area contributed by atoms with Crippen molar-refractivity contribution >= 4 is 31.9 Å². The number of aromatic hydroxyl groups is 1. The molecule has 1 aromatic heterocycles. The molecule has 0 aliphatic heterocycles. The van der Waals surface area contributed by atoms with E-state index in [1.165, 1.54) is 0 Å². The lowest BCUT2D eigenvalue weighted by atomic mass is 10.2. The first-order chi connectivity index (χ1) is 8.13. The van der Waals surface area contributed by atoms with E-state index in [0.717, 1.165) is 15.9 Å². The number of rotatable bonds is 3. The predicted octanol–water partition coefficient (Wildman–Crippen LogP) is 3.78. The fraction of sp³-hybridized carbons (Fsp3) is 0.167. The number of ether oxygens (including phenoxy) is 1. The van der Waals surface area contributed by atoms with E-state index >= 15 is 0 Å². The zero-order valence-corrected chi connectivity index (χ0v) is 12.3. The Hall–Kier alpha value is -0.940. The zero-order chi connectivity index (χ0) is 12.4. The molecule has 5 heteroatoms. The van der Waals surface area contributed by atoms with E-state index < -0.39 is 0 Å². The molecule has 2 aromatic rings. The van der Waals surface area contributed by atoms with Crippen molar-refractivity contribution < 1.29 is 9.84 Å². The molecule has 0 spiro atoms. The first kappa shape index (κ1) is 12.5. The van der Waals surface area contributed by atoms with Crippen LogP contribution in [0.15, 0.2) is 39.5 Å². The van der Waals surface area contributed by atoms with E-state index in [4.69, 9.17) is 4.74 Å². The predicted molar refractivity (Wildman–Crippen MR) is 73.6 cm³/mol. The molecule has 0 aliphatic carbocycles. The van der Waals surface area contributed by atoms with Gasteiger partial charge in [-0.3, -0.25) is 0 Å². The van der Waals surface area contributed by atoms with Crippen LogP contribution in [0.2, 0.25) is 0 Å². The SMILES string of the molecule is COc1ccccc1Cn1cc(O)c(Br)c1Br. The van der Waals surface area contributed by atoms with E-state index in [2.05, 4.69) is 31.9 Å². The van der Waals surface area contributed by atoms with Gasteiger partial charge in [0.25, 0.3) is 0 Å². The molecule has 0 atom stereocenters. The summed E-state index contributed by atoms with van der Waals surface area (Å²) in [4.78, 5) is 0. The van der Waals surface area contributed by atoms with Crippen LogP contribution in [0.5, 0.6) is 11.5 Å². The third-order valence-electron chi connectivity index (χ3n) is 2.47. The Kier molecular flexibility index (Phi) is 3.79. The van der Waals surface area contributed by atoms with E-state index in [-0.39, 0.29) is 5.75 Å². The van der Waals surface area contributed by atoms with E-state index in [9.17, 15) is 5.11 Å². The van der Waals surface area contributed by atoms with Crippen molar-refractivity contribution in [3.63, 3.8) is 0 Å². The quantitative estimate of drug-likeness (QED) is 0.903. The third kappa shape index (κ3) is 2.50. The largest absolute Gasteiger partial charge is 0.505 e. The molecule has 0 amide bonds. The maximum Gasteiger partial charge on any atom is 0.148 e. The average Bonchev–Trinajstić information content (AvgIpc) is 2.58. The highest BCUT2D eigenvalue weighted by atomic mass is 79.9. The van der Waals surface area contributed by atoms with Crippen molar-refractivity contribution in [2.24, 2.45) is 0 Å². The summed E-state index contributed by atoms with van der Waals surface area (Å²) in [6.07, 6.45) is 1.67. The van der Waals surface area contributed by atoms with Crippen molar-refractivity contribution in [3.05, 3.63) is 45.1 Å². The van der Waals surface area contributed by atoms with E-state index in [1.54, 1.807) is 13.3 Å². The van der Waals surface area contributed by atoms with Crippen LogP contribution in [0.4, 0.5) is 0 Å². The average molecular weight is 361 g/mol. The number of hydrogen-bond acceptors (Lipinski definition) is 2. The molecule has 0 fully saturated rings. The Labute approximate surface area is 116 Å². The van der Waals surface area contributed by atoms with Crippen molar-refractivity contribution in [2.45, 2.75) is 6.54 Å². The number of para-hydroxylation sites is 1. The fourth-order valence-electron chi connectivity index (χ4n) is 1.62. The molecule has 0 saturated carbocycles. The second kappa shape index (κ2) is 5.14. The minimum atomic E-state index is 0.215. The van der Waals surface area contributed by atoms with E-state index in [0.29, 0.717) is 11.0 Å². The van der Waals surface area contributed by atoms with Crippen LogP contribution in [0, 0.1) is 0 Å². The van der Waals surface area contributed by atoms with Gasteiger partial charge in [-0.25, -0.2) is 0 Å². The second-order valence-electron chi connectivity index (χ2n) is 3.56. The summed E-state index contributed by atoms with van der Waals surface area (Å²) >= 11 is 6.72. The number of hydrogen-bond donors (Lipinski definition) is 1. The number of benzene rings is 1. The molecule has 1 N–H and O–H groups in total. The van der Waals surface area contributed by atoms with Crippen molar-refractivity contribution in [1.82, 2.24) is 4.57 Å². The molecule has 0 saturated heterocycles. The Morgan fingerprint density at radius 3 is 2.59 bits per heavy atom. The number of methoxy groups -OCH3 is 1. The lowest BCUT2D eigenvalue weighted by Crippen LogP contribution is -2.00. The normalized spacial score (nSPS) is 10.5. The minimum Gasteiger partial charge on any atom is -0.505 e. The Morgan fingerprint density at radius 2 is 2.00 bits per heavy atom. The summed E-state index contributed by atoms with van der Waals surface area (Å²) < 4.78 is 8.66. The minimum absolute atomic E-state index is 0.215. The molecule has 0 unspecified atom stereocenters. The summed E-state index contributed by atoms with van der Waals surface area (Å²) in [6, 6.07) is 7.81. The summed E-state index contributed by atoms with van der Waals surface area (Å²) in [6.45, 7) is 0.629. The van der Waals surface area contributed by atoms with E-state index in [1.807, 2.05) is 28.8 Å². The fourth-order valence-corrected chi connectivity index (χ4v) is 2.39.